The van der Waals surface area contributed by atoms with Gasteiger partial charge >= 0.3 is 0 Å². The minimum atomic E-state index is -0.555. The molecule has 0 spiro atoms. The molecular formula is C25H21Cl2FN4O3. The van der Waals surface area contributed by atoms with Crippen molar-refractivity contribution in [2.45, 2.75) is 44.2 Å². The number of aromatic nitrogens is 3. The van der Waals surface area contributed by atoms with Crippen molar-refractivity contribution < 1.29 is 18.3 Å². The van der Waals surface area contributed by atoms with Crippen molar-refractivity contribution in [1.29, 1.82) is 0 Å². The van der Waals surface area contributed by atoms with Crippen LogP contribution in [0.3, 0.4) is 0 Å². The highest BCUT2D eigenvalue weighted by Crippen LogP contribution is 2.32. The number of hydrogen-bond acceptors (Lipinski definition) is 6. The minimum Gasteiger partial charge on any atom is -0.484 e. The maximum atomic E-state index is 13.5. The zero-order valence-electron chi connectivity index (χ0n) is 18.5. The number of carbonyl (C=O) groups is 1. The van der Waals surface area contributed by atoms with Crippen molar-refractivity contribution in [3.63, 3.8) is 0 Å². The molecule has 1 aliphatic rings. The summed E-state index contributed by atoms with van der Waals surface area (Å²) in [5, 5.41) is 12.8. The Kier molecular flexibility index (Phi) is 6.83. The van der Waals surface area contributed by atoms with E-state index in [4.69, 9.17) is 32.4 Å². The highest BCUT2D eigenvalue weighted by Gasteiger charge is 2.27. The predicted octanol–water partition coefficient (Wildman–Crippen LogP) is 6.10. The summed E-state index contributed by atoms with van der Waals surface area (Å²) >= 11 is 11.7. The smallest absolute Gasteiger partial charge is 0.270 e. The highest BCUT2D eigenvalue weighted by molar-refractivity contribution is 6.31. The number of benzene rings is 2. The molecule has 1 N–H and O–H groups in total. The topological polar surface area (TPSA) is 90.1 Å². The number of hydrogen-bond donors (Lipinski definition) is 1. The van der Waals surface area contributed by atoms with Gasteiger partial charge < -0.3 is 14.5 Å². The lowest BCUT2D eigenvalue weighted by atomic mass is 9.86. The molecule has 1 amide bonds. The zero-order valence-corrected chi connectivity index (χ0v) is 20.0. The van der Waals surface area contributed by atoms with Gasteiger partial charge in [-0.3, -0.25) is 4.79 Å². The van der Waals surface area contributed by atoms with Crippen LogP contribution in [0.2, 0.25) is 10.0 Å². The fourth-order valence-electron chi connectivity index (χ4n) is 4.17. The van der Waals surface area contributed by atoms with E-state index in [1.807, 2.05) is 12.1 Å². The Morgan fingerprint density at radius 3 is 2.69 bits per heavy atom. The van der Waals surface area contributed by atoms with Gasteiger partial charge in [0.2, 0.25) is 5.89 Å². The normalized spacial score (nSPS) is 17.9. The fraction of sp³-hybridized carbons (Fsp3) is 0.280. The number of ether oxygens (including phenoxy) is 1. The van der Waals surface area contributed by atoms with Gasteiger partial charge in [-0.1, -0.05) is 29.3 Å². The lowest BCUT2D eigenvalue weighted by Crippen LogP contribution is -2.37. The molecule has 5 rings (SSSR count). The van der Waals surface area contributed by atoms with Crippen molar-refractivity contribution in [3.05, 3.63) is 81.9 Å². The summed E-state index contributed by atoms with van der Waals surface area (Å²) in [5.41, 5.74) is 1.10. The Balaban J connectivity index is 1.13. The van der Waals surface area contributed by atoms with Crippen LogP contribution in [-0.4, -0.2) is 27.1 Å². The molecular weight excluding hydrogens is 494 g/mol. The number of nitrogens with zero attached hydrogens (tertiary/aromatic N) is 3. The number of pyridine rings is 1. The molecule has 35 heavy (non-hydrogen) atoms. The first-order valence-electron chi connectivity index (χ1n) is 11.2. The van der Waals surface area contributed by atoms with E-state index >= 15 is 0 Å². The van der Waals surface area contributed by atoms with E-state index in [9.17, 15) is 9.18 Å². The molecule has 1 aliphatic carbocycles. The number of carbonyl (C=O) groups excluding carboxylic acids is 1. The third kappa shape index (κ3) is 5.55. The molecule has 180 valence electrons. The first kappa shape index (κ1) is 23.5. The van der Waals surface area contributed by atoms with Gasteiger partial charge in [-0.05, 0) is 62.1 Å². The Hall–Kier alpha value is -3.23. The average Bonchev–Trinajstić information content (AvgIpc) is 3.34. The van der Waals surface area contributed by atoms with Crippen LogP contribution in [0.4, 0.5) is 4.39 Å². The van der Waals surface area contributed by atoms with Crippen LogP contribution in [0, 0.1) is 5.82 Å². The summed E-state index contributed by atoms with van der Waals surface area (Å²) in [6.45, 7) is 0.0322. The molecule has 0 radical (unpaired) electrons. The summed E-state index contributed by atoms with van der Waals surface area (Å²) in [4.78, 5) is 17.2. The molecule has 1 saturated carbocycles. The molecule has 1 fully saturated rings. The third-order valence-corrected chi connectivity index (χ3v) is 6.57. The second-order valence-electron chi connectivity index (χ2n) is 8.45. The number of rotatable bonds is 6. The van der Waals surface area contributed by atoms with E-state index in [1.54, 1.807) is 24.3 Å². The monoisotopic (exact) mass is 514 g/mol. The highest BCUT2D eigenvalue weighted by atomic mass is 35.5. The first-order valence-corrected chi connectivity index (χ1v) is 12.0. The van der Waals surface area contributed by atoms with E-state index < -0.39 is 5.82 Å². The van der Waals surface area contributed by atoms with Crippen LogP contribution in [0.25, 0.3) is 10.9 Å². The maximum Gasteiger partial charge on any atom is 0.270 e. The van der Waals surface area contributed by atoms with Crippen LogP contribution >= 0.6 is 23.2 Å². The van der Waals surface area contributed by atoms with Crippen LogP contribution in [0.1, 0.15) is 53.9 Å². The van der Waals surface area contributed by atoms with Gasteiger partial charge in [0.25, 0.3) is 11.8 Å². The van der Waals surface area contributed by atoms with Crippen molar-refractivity contribution in [3.8, 4) is 5.75 Å². The molecule has 0 atom stereocenters. The SMILES string of the molecule is O=C(NC1CCC(c2nnc(COc3ccc(Cl)c(F)c3)o2)CC1)c1ccc2cc(Cl)ccc2n1. The predicted molar refractivity (Wildman–Crippen MR) is 129 cm³/mol. The molecule has 7 nitrogen and oxygen atoms in total. The molecule has 2 aromatic heterocycles. The van der Waals surface area contributed by atoms with Crippen LogP contribution in [0.5, 0.6) is 5.75 Å². The van der Waals surface area contributed by atoms with Crippen LogP contribution < -0.4 is 10.1 Å². The molecule has 0 bridgehead atoms. The van der Waals surface area contributed by atoms with Gasteiger partial charge in [0.1, 0.15) is 17.3 Å². The quantitative estimate of drug-likeness (QED) is 0.334. The molecule has 0 aliphatic heterocycles. The third-order valence-electron chi connectivity index (χ3n) is 6.03. The van der Waals surface area contributed by atoms with Gasteiger partial charge in [-0.2, -0.15) is 0 Å². The molecule has 2 heterocycles. The number of nitrogens with one attached hydrogen (secondary N) is 1. The van der Waals surface area contributed by atoms with Gasteiger partial charge in [-0.25, -0.2) is 9.37 Å². The zero-order chi connectivity index (χ0) is 24.4. The van der Waals surface area contributed by atoms with E-state index in [0.717, 1.165) is 36.6 Å². The van der Waals surface area contributed by atoms with Gasteiger partial charge in [-0.15, -0.1) is 10.2 Å². The summed E-state index contributed by atoms with van der Waals surface area (Å²) in [6, 6.07) is 13.2. The van der Waals surface area contributed by atoms with Crippen molar-refractivity contribution in [2.75, 3.05) is 0 Å². The largest absolute Gasteiger partial charge is 0.484 e. The van der Waals surface area contributed by atoms with Crippen LogP contribution in [0.15, 0.2) is 52.9 Å². The summed E-state index contributed by atoms with van der Waals surface area (Å²) in [6.07, 6.45) is 3.19. The van der Waals surface area contributed by atoms with E-state index in [0.29, 0.717) is 28.2 Å². The maximum absolute atomic E-state index is 13.5. The number of halogens is 3. The van der Waals surface area contributed by atoms with Gasteiger partial charge in [0.05, 0.1) is 10.5 Å². The van der Waals surface area contributed by atoms with Crippen molar-refractivity contribution >= 4 is 40.0 Å². The molecule has 4 aromatic rings. The summed E-state index contributed by atoms with van der Waals surface area (Å²) in [7, 11) is 0. The standard InChI is InChI=1S/C25H21Cl2FN4O3/c26-16-4-10-21-15(11-16)3-9-22(30-21)24(33)29-17-5-1-14(2-6-17)25-32-31-23(35-25)13-34-18-7-8-19(27)20(28)12-18/h3-4,7-12,14,17H,1-2,5-6,13H2,(H,29,33). The van der Waals surface area contributed by atoms with Gasteiger partial charge in [0.15, 0.2) is 6.61 Å². The average molecular weight is 515 g/mol. The van der Waals surface area contributed by atoms with Crippen LogP contribution in [-0.2, 0) is 6.61 Å². The lowest BCUT2D eigenvalue weighted by molar-refractivity contribution is 0.0920. The van der Waals surface area contributed by atoms with Gasteiger partial charge in [0, 0.05) is 28.4 Å². The van der Waals surface area contributed by atoms with E-state index in [1.165, 1.54) is 12.1 Å². The second-order valence-corrected chi connectivity index (χ2v) is 9.30. The van der Waals surface area contributed by atoms with Crippen molar-refractivity contribution in [1.82, 2.24) is 20.5 Å². The summed E-state index contributed by atoms with van der Waals surface area (Å²) < 4.78 is 24.8. The Morgan fingerprint density at radius 2 is 1.89 bits per heavy atom. The number of fused-ring (bicyclic) bond motifs is 1. The molecule has 0 unspecified atom stereocenters. The Labute approximate surface area is 210 Å². The Morgan fingerprint density at radius 1 is 1.06 bits per heavy atom. The minimum absolute atomic E-state index is 0.0307. The molecule has 2 aromatic carbocycles. The van der Waals surface area contributed by atoms with E-state index in [-0.39, 0.29) is 29.5 Å². The molecule has 0 saturated heterocycles. The first-order chi connectivity index (χ1) is 16.9. The Bertz CT molecular complexity index is 1370. The second kappa shape index (κ2) is 10.2. The van der Waals surface area contributed by atoms with E-state index in [2.05, 4.69) is 20.5 Å². The molecule has 10 heteroatoms. The number of amides is 1. The lowest BCUT2D eigenvalue weighted by Gasteiger charge is -2.27. The fourth-order valence-corrected chi connectivity index (χ4v) is 4.47. The van der Waals surface area contributed by atoms with Crippen molar-refractivity contribution in [2.24, 2.45) is 0 Å². The summed E-state index contributed by atoms with van der Waals surface area (Å²) in [5.74, 6) is 0.551.